The van der Waals surface area contributed by atoms with Crippen molar-refractivity contribution in [1.29, 1.82) is 0 Å². The third kappa shape index (κ3) is 2.70. The highest BCUT2D eigenvalue weighted by Gasteiger charge is 2.15. The van der Waals surface area contributed by atoms with Gasteiger partial charge in [-0.05, 0) is 30.0 Å². The Labute approximate surface area is 125 Å². The van der Waals surface area contributed by atoms with Gasteiger partial charge < -0.3 is 9.84 Å². The Kier molecular flexibility index (Phi) is 4.00. The van der Waals surface area contributed by atoms with Crippen molar-refractivity contribution in [3.8, 4) is 5.75 Å². The summed E-state index contributed by atoms with van der Waals surface area (Å²) < 4.78 is 7.99. The maximum absolute atomic E-state index is 10.5. The standard InChI is InChI=1S/C15H15NO2S2/c1-2-4-18-11-6-10(8-16-9-11)15(17)14-7-13-12(20-14)3-5-19-13/h3,5-9,15,17H,2,4H2,1H3. The van der Waals surface area contributed by atoms with E-state index in [0.717, 1.165) is 16.9 Å². The average molecular weight is 305 g/mol. The predicted molar refractivity (Wildman–Crippen MR) is 83.8 cm³/mol. The maximum atomic E-state index is 10.5. The third-order valence-corrected chi connectivity index (χ3v) is 5.10. The lowest BCUT2D eigenvalue weighted by atomic mass is 10.1. The van der Waals surface area contributed by atoms with E-state index >= 15 is 0 Å². The van der Waals surface area contributed by atoms with Crippen LogP contribution in [0.25, 0.3) is 9.40 Å². The molecule has 3 nitrogen and oxygen atoms in total. The minimum absolute atomic E-state index is 0.641. The Morgan fingerprint density at radius 3 is 3.00 bits per heavy atom. The molecule has 1 unspecified atom stereocenters. The summed E-state index contributed by atoms with van der Waals surface area (Å²) in [5.41, 5.74) is 0.771. The number of hydrogen-bond donors (Lipinski definition) is 1. The summed E-state index contributed by atoms with van der Waals surface area (Å²) in [6, 6.07) is 6.00. The number of aliphatic hydroxyl groups excluding tert-OH is 1. The van der Waals surface area contributed by atoms with Crippen LogP contribution < -0.4 is 4.74 Å². The fraction of sp³-hybridized carbons (Fsp3) is 0.267. The van der Waals surface area contributed by atoms with Crippen molar-refractivity contribution in [3.05, 3.63) is 46.4 Å². The van der Waals surface area contributed by atoms with Gasteiger partial charge in [-0.1, -0.05) is 6.92 Å². The van der Waals surface area contributed by atoms with Crippen molar-refractivity contribution in [2.24, 2.45) is 0 Å². The zero-order valence-electron chi connectivity index (χ0n) is 11.1. The van der Waals surface area contributed by atoms with Crippen molar-refractivity contribution in [2.45, 2.75) is 19.4 Å². The molecule has 1 N–H and O–H groups in total. The first kappa shape index (κ1) is 13.5. The number of pyridine rings is 1. The van der Waals surface area contributed by atoms with E-state index < -0.39 is 6.10 Å². The van der Waals surface area contributed by atoms with Gasteiger partial charge in [0.25, 0.3) is 0 Å². The highest BCUT2D eigenvalue weighted by Crippen LogP contribution is 2.36. The van der Waals surface area contributed by atoms with E-state index in [4.69, 9.17) is 4.74 Å². The van der Waals surface area contributed by atoms with Crippen LogP contribution in [-0.2, 0) is 0 Å². The molecule has 1 atom stereocenters. The second-order valence-electron chi connectivity index (χ2n) is 4.50. The van der Waals surface area contributed by atoms with E-state index in [1.165, 1.54) is 9.40 Å². The second-order valence-corrected chi connectivity index (χ2v) is 6.57. The Hall–Kier alpha value is -1.43. The molecule has 104 valence electrons. The normalized spacial score (nSPS) is 12.7. The van der Waals surface area contributed by atoms with E-state index in [0.29, 0.717) is 12.4 Å². The third-order valence-electron chi connectivity index (χ3n) is 2.95. The van der Waals surface area contributed by atoms with Gasteiger partial charge >= 0.3 is 0 Å². The van der Waals surface area contributed by atoms with Crippen LogP contribution in [0, 0.1) is 0 Å². The molecule has 0 spiro atoms. The quantitative estimate of drug-likeness (QED) is 0.767. The number of aromatic nitrogens is 1. The summed E-state index contributed by atoms with van der Waals surface area (Å²) in [5, 5.41) is 12.5. The Bertz CT molecular complexity index is 676. The number of hydrogen-bond acceptors (Lipinski definition) is 5. The van der Waals surface area contributed by atoms with Gasteiger partial charge in [0, 0.05) is 26.0 Å². The van der Waals surface area contributed by atoms with Crippen LogP contribution >= 0.6 is 22.7 Å². The van der Waals surface area contributed by atoms with Gasteiger partial charge in [-0.15, -0.1) is 22.7 Å². The van der Waals surface area contributed by atoms with Gasteiger partial charge in [0.1, 0.15) is 11.9 Å². The number of nitrogens with zero attached hydrogens (tertiary/aromatic N) is 1. The van der Waals surface area contributed by atoms with Crippen LogP contribution in [0.2, 0.25) is 0 Å². The van der Waals surface area contributed by atoms with Crippen LogP contribution in [-0.4, -0.2) is 16.7 Å². The zero-order valence-corrected chi connectivity index (χ0v) is 12.7. The van der Waals surface area contributed by atoms with Crippen molar-refractivity contribution in [2.75, 3.05) is 6.61 Å². The number of rotatable bonds is 5. The molecule has 3 rings (SSSR count). The van der Waals surface area contributed by atoms with Crippen molar-refractivity contribution in [1.82, 2.24) is 4.98 Å². The fourth-order valence-electron chi connectivity index (χ4n) is 1.97. The Morgan fingerprint density at radius 2 is 2.20 bits per heavy atom. The molecule has 0 bridgehead atoms. The molecule has 0 aliphatic rings. The molecule has 0 aliphatic carbocycles. The first-order valence-corrected chi connectivity index (χ1v) is 8.20. The number of fused-ring (bicyclic) bond motifs is 1. The van der Waals surface area contributed by atoms with Crippen LogP contribution in [0.15, 0.2) is 36.0 Å². The molecule has 0 amide bonds. The van der Waals surface area contributed by atoms with Gasteiger partial charge in [-0.2, -0.15) is 0 Å². The van der Waals surface area contributed by atoms with E-state index in [1.807, 2.05) is 6.07 Å². The molecule has 0 aromatic carbocycles. The molecular weight excluding hydrogens is 290 g/mol. The predicted octanol–water partition coefficient (Wildman–Crippen LogP) is 4.23. The summed E-state index contributed by atoms with van der Waals surface area (Å²) in [7, 11) is 0. The lowest BCUT2D eigenvalue weighted by molar-refractivity contribution is 0.222. The van der Waals surface area contributed by atoms with Gasteiger partial charge in [0.2, 0.25) is 0 Å². The minimum Gasteiger partial charge on any atom is -0.492 e. The second kappa shape index (κ2) is 5.91. The molecule has 0 saturated heterocycles. The Morgan fingerprint density at radius 1 is 1.30 bits per heavy atom. The van der Waals surface area contributed by atoms with Crippen LogP contribution in [0.3, 0.4) is 0 Å². The fourth-order valence-corrected chi connectivity index (χ4v) is 4.10. The zero-order chi connectivity index (χ0) is 13.9. The summed E-state index contributed by atoms with van der Waals surface area (Å²) in [5.74, 6) is 0.710. The molecule has 3 aromatic heterocycles. The van der Waals surface area contributed by atoms with E-state index in [2.05, 4.69) is 29.4 Å². The maximum Gasteiger partial charge on any atom is 0.137 e. The van der Waals surface area contributed by atoms with Crippen molar-refractivity contribution >= 4 is 32.1 Å². The number of thiophene rings is 2. The summed E-state index contributed by atoms with van der Waals surface area (Å²) in [4.78, 5) is 5.09. The molecular formula is C15H15NO2S2. The van der Waals surface area contributed by atoms with Gasteiger partial charge in [-0.25, -0.2) is 0 Å². The van der Waals surface area contributed by atoms with E-state index in [9.17, 15) is 5.11 Å². The molecule has 5 heteroatoms. The van der Waals surface area contributed by atoms with E-state index in [-0.39, 0.29) is 0 Å². The molecule has 0 saturated carbocycles. The minimum atomic E-state index is -0.641. The largest absolute Gasteiger partial charge is 0.492 e. The monoisotopic (exact) mass is 305 g/mol. The van der Waals surface area contributed by atoms with Crippen LogP contribution in [0.4, 0.5) is 0 Å². The van der Waals surface area contributed by atoms with Crippen LogP contribution in [0.1, 0.15) is 29.9 Å². The topological polar surface area (TPSA) is 42.4 Å². The number of ether oxygens (including phenoxy) is 1. The lowest BCUT2D eigenvalue weighted by Gasteiger charge is -2.10. The van der Waals surface area contributed by atoms with Gasteiger partial charge in [0.05, 0.1) is 12.8 Å². The lowest BCUT2D eigenvalue weighted by Crippen LogP contribution is -2.00. The van der Waals surface area contributed by atoms with Crippen LogP contribution in [0.5, 0.6) is 5.75 Å². The summed E-state index contributed by atoms with van der Waals surface area (Å²) >= 11 is 3.32. The van der Waals surface area contributed by atoms with E-state index in [1.54, 1.807) is 35.1 Å². The molecule has 0 fully saturated rings. The Balaban J connectivity index is 1.85. The highest BCUT2D eigenvalue weighted by molar-refractivity contribution is 7.26. The molecule has 0 aliphatic heterocycles. The first-order valence-electron chi connectivity index (χ1n) is 6.50. The smallest absolute Gasteiger partial charge is 0.137 e. The summed E-state index contributed by atoms with van der Waals surface area (Å²) in [6.45, 7) is 2.72. The molecule has 3 heterocycles. The summed E-state index contributed by atoms with van der Waals surface area (Å²) in [6.07, 6.45) is 3.68. The molecule has 20 heavy (non-hydrogen) atoms. The average Bonchev–Trinajstić information content (AvgIpc) is 3.06. The number of aliphatic hydroxyl groups is 1. The molecule has 0 radical (unpaired) electrons. The van der Waals surface area contributed by atoms with Crippen molar-refractivity contribution in [3.63, 3.8) is 0 Å². The van der Waals surface area contributed by atoms with Gasteiger partial charge in [-0.3, -0.25) is 4.98 Å². The van der Waals surface area contributed by atoms with Gasteiger partial charge in [0.15, 0.2) is 0 Å². The molecule has 3 aromatic rings. The van der Waals surface area contributed by atoms with Crippen molar-refractivity contribution < 1.29 is 9.84 Å². The highest BCUT2D eigenvalue weighted by atomic mass is 32.1. The SMILES string of the molecule is CCCOc1cncc(C(O)c2cc3sccc3s2)c1. The first-order chi connectivity index (χ1) is 9.78.